The highest BCUT2D eigenvalue weighted by Crippen LogP contribution is 2.41. The Bertz CT molecular complexity index is 1680. The van der Waals surface area contributed by atoms with Crippen molar-refractivity contribution in [2.45, 2.75) is 32.2 Å². The first-order valence-corrected chi connectivity index (χ1v) is 13.9. The van der Waals surface area contributed by atoms with E-state index < -0.39 is 21.2 Å². The van der Waals surface area contributed by atoms with Gasteiger partial charge in [-0.25, -0.2) is 4.99 Å². The van der Waals surface area contributed by atoms with E-state index >= 15 is 0 Å². The molecule has 0 radical (unpaired) electrons. The van der Waals surface area contributed by atoms with Crippen molar-refractivity contribution in [3.63, 3.8) is 0 Å². The van der Waals surface area contributed by atoms with Gasteiger partial charge in [0.1, 0.15) is 5.00 Å². The summed E-state index contributed by atoms with van der Waals surface area (Å²) in [5.74, 6) is 0.133. The van der Waals surface area contributed by atoms with Gasteiger partial charge in [0, 0.05) is 23.7 Å². The van der Waals surface area contributed by atoms with Gasteiger partial charge in [0.2, 0.25) is 5.75 Å². The van der Waals surface area contributed by atoms with Crippen LogP contribution in [0.2, 0.25) is 0 Å². The van der Waals surface area contributed by atoms with Crippen LogP contribution < -0.4 is 14.8 Å². The molecule has 5 rings (SSSR count). The summed E-state index contributed by atoms with van der Waals surface area (Å²) < 4.78 is 11.2. The predicted octanol–water partition coefficient (Wildman–Crippen LogP) is 6.92. The number of non-ortho nitro benzene ring substituents is 1. The monoisotopic (exact) mass is 586 g/mol. The first-order chi connectivity index (χ1) is 20.3. The molecule has 1 aliphatic rings. The smallest absolute Gasteiger partial charge is 0.318 e. The molecule has 0 saturated carbocycles. The molecule has 42 heavy (non-hydrogen) atoms. The standard InChI is InChI=1S/C30H26N4O7S/c1-40-26-15-20(11-13-25(26)41-24-14-12-21(33(36)37)16-23(24)34(38)39)18-32-30-28(22-9-5-6-10-27(22)42-30)29(35)31-17-19-7-3-2-4-8-19/h2-4,7-8,11-16,18H,5-6,9-10,17H2,1H3,(H,31,35). The Morgan fingerprint density at radius 3 is 2.48 bits per heavy atom. The van der Waals surface area contributed by atoms with Crippen LogP contribution in [-0.2, 0) is 19.4 Å². The average molecular weight is 587 g/mol. The maximum atomic E-state index is 13.3. The zero-order valence-corrected chi connectivity index (χ0v) is 23.4. The second kappa shape index (κ2) is 12.6. The number of amides is 1. The van der Waals surface area contributed by atoms with E-state index in [0.717, 1.165) is 48.9 Å². The maximum absolute atomic E-state index is 13.3. The maximum Gasteiger partial charge on any atom is 0.318 e. The highest BCUT2D eigenvalue weighted by atomic mass is 32.1. The van der Waals surface area contributed by atoms with Gasteiger partial charge >= 0.3 is 5.69 Å². The van der Waals surface area contributed by atoms with Gasteiger partial charge in [-0.05, 0) is 66.6 Å². The lowest BCUT2D eigenvalue weighted by molar-refractivity contribution is -0.394. The van der Waals surface area contributed by atoms with Gasteiger partial charge in [-0.1, -0.05) is 30.3 Å². The third-order valence-electron chi connectivity index (χ3n) is 6.76. The lowest BCUT2D eigenvalue weighted by Gasteiger charge is -2.13. The molecule has 0 saturated heterocycles. The molecular formula is C30H26N4O7S. The van der Waals surface area contributed by atoms with Gasteiger partial charge in [-0.15, -0.1) is 11.3 Å². The molecule has 1 aliphatic carbocycles. The second-order valence-corrected chi connectivity index (χ2v) is 10.6. The van der Waals surface area contributed by atoms with Crippen LogP contribution in [-0.4, -0.2) is 29.1 Å². The molecule has 1 aromatic heterocycles. The molecule has 0 unspecified atom stereocenters. The molecule has 0 fully saturated rings. The summed E-state index contributed by atoms with van der Waals surface area (Å²) in [5.41, 5.74) is 2.37. The zero-order valence-electron chi connectivity index (χ0n) is 22.6. The van der Waals surface area contributed by atoms with Crippen molar-refractivity contribution in [2.75, 3.05) is 7.11 Å². The Morgan fingerprint density at radius 1 is 0.976 bits per heavy atom. The van der Waals surface area contributed by atoms with Crippen molar-refractivity contribution >= 4 is 39.8 Å². The Hall–Kier alpha value is -5.10. The van der Waals surface area contributed by atoms with E-state index in [0.29, 0.717) is 22.7 Å². The number of nitrogens with zero attached hydrogens (tertiary/aromatic N) is 3. The number of thiophene rings is 1. The second-order valence-electron chi connectivity index (χ2n) is 9.50. The number of aryl methyl sites for hydroxylation is 1. The number of ether oxygens (including phenoxy) is 2. The van der Waals surface area contributed by atoms with Crippen LogP contribution in [0.3, 0.4) is 0 Å². The SMILES string of the molecule is COc1cc(C=Nc2sc3c(c2C(=O)NCc2ccccc2)CCCC3)ccc1Oc1ccc([N+](=O)[O-])cc1[N+](=O)[O-]. The van der Waals surface area contributed by atoms with E-state index in [-0.39, 0.29) is 23.2 Å². The molecule has 0 aliphatic heterocycles. The van der Waals surface area contributed by atoms with E-state index in [4.69, 9.17) is 14.5 Å². The van der Waals surface area contributed by atoms with Gasteiger partial charge in [0.25, 0.3) is 11.6 Å². The molecule has 1 N–H and O–H groups in total. The average Bonchev–Trinajstić information content (AvgIpc) is 3.38. The number of nitro groups is 2. The van der Waals surface area contributed by atoms with Gasteiger partial charge in [-0.3, -0.25) is 25.0 Å². The molecule has 4 aromatic rings. The van der Waals surface area contributed by atoms with Crippen LogP contribution in [0.1, 0.15) is 44.8 Å². The van der Waals surface area contributed by atoms with Crippen LogP contribution in [0.25, 0.3) is 0 Å². The summed E-state index contributed by atoms with van der Waals surface area (Å²) >= 11 is 1.53. The number of nitrogens with one attached hydrogen (secondary N) is 1. The molecule has 214 valence electrons. The van der Waals surface area contributed by atoms with Crippen molar-refractivity contribution in [3.8, 4) is 17.2 Å². The van der Waals surface area contributed by atoms with E-state index in [9.17, 15) is 25.0 Å². The number of rotatable bonds is 10. The molecule has 1 heterocycles. The Morgan fingerprint density at radius 2 is 1.74 bits per heavy atom. The Balaban J connectivity index is 1.39. The highest BCUT2D eigenvalue weighted by Gasteiger charge is 2.25. The summed E-state index contributed by atoms with van der Waals surface area (Å²) in [6, 6.07) is 17.8. The van der Waals surface area contributed by atoms with Crippen molar-refractivity contribution < 1.29 is 24.1 Å². The van der Waals surface area contributed by atoms with Gasteiger partial charge in [-0.2, -0.15) is 0 Å². The fraction of sp³-hybridized carbons (Fsp3) is 0.200. The minimum atomic E-state index is -0.746. The van der Waals surface area contributed by atoms with Crippen molar-refractivity contribution in [2.24, 2.45) is 4.99 Å². The summed E-state index contributed by atoms with van der Waals surface area (Å²) in [6.45, 7) is 0.416. The molecule has 0 atom stereocenters. The zero-order chi connectivity index (χ0) is 29.6. The summed E-state index contributed by atoms with van der Waals surface area (Å²) in [6.07, 6.45) is 5.49. The molecule has 0 bridgehead atoms. The molecule has 0 spiro atoms. The fourth-order valence-corrected chi connectivity index (χ4v) is 5.92. The predicted molar refractivity (Wildman–Crippen MR) is 159 cm³/mol. The lowest BCUT2D eigenvalue weighted by atomic mass is 9.95. The number of hydrogen-bond acceptors (Lipinski definition) is 9. The van der Waals surface area contributed by atoms with Gasteiger partial charge in [0.05, 0.1) is 28.6 Å². The molecule has 3 aromatic carbocycles. The largest absolute Gasteiger partial charge is 0.493 e. The highest BCUT2D eigenvalue weighted by molar-refractivity contribution is 7.16. The number of methoxy groups -OCH3 is 1. The first kappa shape index (κ1) is 28.4. The van der Waals surface area contributed by atoms with Crippen LogP contribution >= 0.6 is 11.3 Å². The Kier molecular flexibility index (Phi) is 8.53. The van der Waals surface area contributed by atoms with E-state index in [1.165, 1.54) is 29.4 Å². The fourth-order valence-electron chi connectivity index (χ4n) is 4.69. The van der Waals surface area contributed by atoms with E-state index in [1.54, 1.807) is 24.4 Å². The summed E-state index contributed by atoms with van der Waals surface area (Å²) in [5, 5.41) is 26.2. The van der Waals surface area contributed by atoms with E-state index in [2.05, 4.69) is 5.32 Å². The molecular weight excluding hydrogens is 560 g/mol. The van der Waals surface area contributed by atoms with Gasteiger partial charge in [0.15, 0.2) is 11.5 Å². The quantitative estimate of drug-likeness (QED) is 0.120. The number of nitro benzene ring substituents is 2. The number of benzene rings is 3. The Labute approximate surface area is 244 Å². The van der Waals surface area contributed by atoms with E-state index in [1.807, 2.05) is 30.3 Å². The van der Waals surface area contributed by atoms with Gasteiger partial charge < -0.3 is 14.8 Å². The summed E-state index contributed by atoms with van der Waals surface area (Å²) in [7, 11) is 1.43. The van der Waals surface area contributed by atoms with Crippen LogP contribution in [0.4, 0.5) is 16.4 Å². The van der Waals surface area contributed by atoms with Crippen LogP contribution in [0.15, 0.2) is 71.7 Å². The first-order valence-electron chi connectivity index (χ1n) is 13.1. The third kappa shape index (κ3) is 6.28. The molecule has 11 nitrogen and oxygen atoms in total. The normalized spacial score (nSPS) is 12.5. The number of fused-ring (bicyclic) bond motifs is 1. The topological polar surface area (TPSA) is 146 Å². The molecule has 1 amide bonds. The number of aliphatic imine (C=N–C) groups is 1. The minimum absolute atomic E-state index is 0.156. The summed E-state index contributed by atoms with van der Waals surface area (Å²) in [4.78, 5) is 40.3. The van der Waals surface area contributed by atoms with Crippen molar-refractivity contribution in [3.05, 3.63) is 114 Å². The van der Waals surface area contributed by atoms with Crippen LogP contribution in [0, 0.1) is 20.2 Å². The number of carbonyl (C=O) groups is 1. The number of hydrogen-bond donors (Lipinski definition) is 1. The third-order valence-corrected chi connectivity index (χ3v) is 7.96. The number of carbonyl (C=O) groups excluding carboxylic acids is 1. The molecule has 12 heteroatoms. The lowest BCUT2D eigenvalue weighted by Crippen LogP contribution is -2.24. The van der Waals surface area contributed by atoms with Crippen molar-refractivity contribution in [1.82, 2.24) is 5.32 Å². The minimum Gasteiger partial charge on any atom is -0.493 e. The van der Waals surface area contributed by atoms with Crippen LogP contribution in [0.5, 0.6) is 17.2 Å². The van der Waals surface area contributed by atoms with Crippen molar-refractivity contribution in [1.29, 1.82) is 0 Å².